The first-order chi connectivity index (χ1) is 12.1. The largest absolute Gasteiger partial charge is 0.466 e. The third-order valence-electron chi connectivity index (χ3n) is 6.14. The summed E-state index contributed by atoms with van der Waals surface area (Å²) in [5.41, 5.74) is 0.290. The maximum Gasteiger partial charge on any atom is 0.333 e. The van der Waals surface area contributed by atoms with Crippen molar-refractivity contribution in [3.8, 4) is 0 Å². The van der Waals surface area contributed by atoms with Gasteiger partial charge in [-0.1, -0.05) is 18.2 Å². The molecule has 1 aliphatic heterocycles. The van der Waals surface area contributed by atoms with Crippen molar-refractivity contribution in [1.29, 1.82) is 0 Å². The lowest BCUT2D eigenvalue weighted by molar-refractivity contribution is -0.136. The Hall–Kier alpha value is -1.17. The second-order valence-corrected chi connectivity index (χ2v) is 8.41. The fraction of sp³-hybridized carbons (Fsp3) is 0.762. The van der Waals surface area contributed by atoms with Crippen molar-refractivity contribution in [3.63, 3.8) is 0 Å². The van der Waals surface area contributed by atoms with Crippen LogP contribution >= 0.6 is 0 Å². The van der Waals surface area contributed by atoms with Crippen LogP contribution < -0.4 is 0 Å². The molecule has 26 heavy (non-hydrogen) atoms. The van der Waals surface area contributed by atoms with Crippen molar-refractivity contribution in [3.05, 3.63) is 23.8 Å². The number of hydrogen-bond donors (Lipinski definition) is 2. The lowest BCUT2D eigenvalue weighted by atomic mass is 9.81. The highest BCUT2D eigenvalue weighted by atomic mass is 16.6. The smallest absolute Gasteiger partial charge is 0.333 e. The zero-order valence-corrected chi connectivity index (χ0v) is 16.6. The Morgan fingerprint density at radius 3 is 2.69 bits per heavy atom. The lowest BCUT2D eigenvalue weighted by Crippen LogP contribution is -2.40. The molecule has 1 aliphatic carbocycles. The van der Waals surface area contributed by atoms with Crippen LogP contribution in [0.3, 0.4) is 0 Å². The molecule has 0 radical (unpaired) electrons. The first kappa shape index (κ1) is 21.1. The number of carbonyl (C=O) groups is 1. The van der Waals surface area contributed by atoms with Gasteiger partial charge in [0.1, 0.15) is 0 Å². The van der Waals surface area contributed by atoms with Gasteiger partial charge in [-0.05, 0) is 71.6 Å². The molecule has 0 spiro atoms. The highest BCUT2D eigenvalue weighted by Crippen LogP contribution is 2.46. The number of ether oxygens (including phenoxy) is 2. The molecular weight excluding hydrogens is 332 g/mol. The normalized spacial score (nSPS) is 41.2. The van der Waals surface area contributed by atoms with Crippen molar-refractivity contribution < 1.29 is 24.5 Å². The van der Waals surface area contributed by atoms with Crippen LogP contribution in [0.2, 0.25) is 0 Å². The first-order valence-electron chi connectivity index (χ1n) is 9.60. The van der Waals surface area contributed by atoms with Gasteiger partial charge in [0.15, 0.2) is 0 Å². The SMILES string of the molecule is C=C(C(=O)OC)[C@@H]1CC[C@@](C)(O)[C@@H](O)CC/C(C)=C/CC[C@]2(C)O[C@H]2C1. The zero-order valence-electron chi connectivity index (χ0n) is 16.6. The van der Waals surface area contributed by atoms with Gasteiger partial charge in [0.2, 0.25) is 0 Å². The lowest BCUT2D eigenvalue weighted by Gasteiger charge is -2.31. The predicted octanol–water partition coefficient (Wildman–Crippen LogP) is 3.29. The van der Waals surface area contributed by atoms with E-state index < -0.39 is 17.7 Å². The molecule has 2 aliphatic rings. The van der Waals surface area contributed by atoms with Crippen molar-refractivity contribution >= 4 is 5.97 Å². The number of hydrogen-bond acceptors (Lipinski definition) is 5. The summed E-state index contributed by atoms with van der Waals surface area (Å²) in [6.45, 7) is 9.77. The van der Waals surface area contributed by atoms with Crippen LogP contribution in [0, 0.1) is 5.92 Å². The average Bonchev–Trinajstić information content (AvgIpc) is 3.23. The number of aliphatic hydroxyl groups excluding tert-OH is 1. The monoisotopic (exact) mass is 366 g/mol. The molecule has 0 bridgehead atoms. The Morgan fingerprint density at radius 2 is 2.04 bits per heavy atom. The van der Waals surface area contributed by atoms with Crippen molar-refractivity contribution in [2.75, 3.05) is 7.11 Å². The van der Waals surface area contributed by atoms with Gasteiger partial charge in [-0.2, -0.15) is 0 Å². The van der Waals surface area contributed by atoms with Crippen LogP contribution in [0.15, 0.2) is 23.8 Å². The van der Waals surface area contributed by atoms with Crippen LogP contribution in [0.4, 0.5) is 0 Å². The topological polar surface area (TPSA) is 79.3 Å². The molecule has 5 atom stereocenters. The quantitative estimate of drug-likeness (QED) is 0.339. The molecule has 5 nitrogen and oxygen atoms in total. The van der Waals surface area contributed by atoms with E-state index in [-0.39, 0.29) is 17.6 Å². The third kappa shape index (κ3) is 5.18. The zero-order chi connectivity index (χ0) is 19.5. The van der Waals surface area contributed by atoms with E-state index in [4.69, 9.17) is 9.47 Å². The number of esters is 1. The summed E-state index contributed by atoms with van der Waals surface area (Å²) in [5, 5.41) is 21.1. The standard InChI is InChI=1S/C21H34O5/c1-14-7-6-11-21(4)18(26-21)13-16(15(2)19(23)25-5)10-12-20(3,24)17(22)9-8-14/h7,16-18,22,24H,2,6,8-13H2,1,3-5H3/b14-7+/t16-,17+,18+,20-,21+/m1/s1. The number of rotatable bonds is 2. The highest BCUT2D eigenvalue weighted by Gasteiger charge is 2.52. The summed E-state index contributed by atoms with van der Waals surface area (Å²) >= 11 is 0. The van der Waals surface area contributed by atoms with Gasteiger partial charge < -0.3 is 19.7 Å². The molecule has 1 heterocycles. The Morgan fingerprint density at radius 1 is 1.35 bits per heavy atom. The second-order valence-electron chi connectivity index (χ2n) is 8.41. The van der Waals surface area contributed by atoms with E-state index in [1.807, 2.05) is 0 Å². The predicted molar refractivity (Wildman–Crippen MR) is 101 cm³/mol. The van der Waals surface area contributed by atoms with Gasteiger partial charge in [-0.15, -0.1) is 0 Å². The van der Waals surface area contributed by atoms with Crippen LogP contribution in [0.5, 0.6) is 0 Å². The Kier molecular flexibility index (Phi) is 6.70. The number of allylic oxidation sites excluding steroid dienone is 2. The fourth-order valence-corrected chi connectivity index (χ4v) is 3.81. The van der Waals surface area contributed by atoms with E-state index in [0.717, 1.165) is 19.3 Å². The maximum atomic E-state index is 12.0. The van der Waals surface area contributed by atoms with Gasteiger partial charge in [-0.3, -0.25) is 0 Å². The molecular formula is C21H34O5. The summed E-state index contributed by atoms with van der Waals surface area (Å²) < 4.78 is 10.8. The Bertz CT molecular complexity index is 565. The number of aliphatic hydroxyl groups is 2. The fourth-order valence-electron chi connectivity index (χ4n) is 3.81. The summed E-state index contributed by atoms with van der Waals surface area (Å²) in [4.78, 5) is 12.0. The number of fused-ring (bicyclic) bond motifs is 1. The second kappa shape index (κ2) is 8.24. The molecule has 2 N–H and O–H groups in total. The van der Waals surface area contributed by atoms with Crippen molar-refractivity contribution in [1.82, 2.24) is 0 Å². The maximum absolute atomic E-state index is 12.0. The molecule has 0 saturated carbocycles. The minimum atomic E-state index is -1.20. The van der Waals surface area contributed by atoms with Crippen LogP contribution in [-0.2, 0) is 14.3 Å². The van der Waals surface area contributed by atoms with Gasteiger partial charge in [-0.25, -0.2) is 4.79 Å². The average molecular weight is 366 g/mol. The molecule has 0 unspecified atom stereocenters. The number of carbonyl (C=O) groups excluding carboxylic acids is 1. The van der Waals surface area contributed by atoms with Gasteiger partial charge in [0, 0.05) is 5.57 Å². The number of methoxy groups -OCH3 is 1. The summed E-state index contributed by atoms with van der Waals surface area (Å²) in [6.07, 6.45) is 6.25. The molecule has 0 aromatic heterocycles. The van der Waals surface area contributed by atoms with E-state index in [1.54, 1.807) is 6.92 Å². The Balaban J connectivity index is 2.18. The molecule has 148 valence electrons. The highest BCUT2D eigenvalue weighted by molar-refractivity contribution is 5.88. The minimum Gasteiger partial charge on any atom is -0.466 e. The summed E-state index contributed by atoms with van der Waals surface area (Å²) in [5.74, 6) is -0.551. The molecule has 5 heteroatoms. The van der Waals surface area contributed by atoms with E-state index in [2.05, 4.69) is 26.5 Å². The van der Waals surface area contributed by atoms with E-state index >= 15 is 0 Å². The van der Waals surface area contributed by atoms with Crippen LogP contribution in [0.25, 0.3) is 0 Å². The Labute approximate surface area is 157 Å². The minimum absolute atomic E-state index is 0.0837. The van der Waals surface area contributed by atoms with Crippen molar-refractivity contribution in [2.45, 2.75) is 89.1 Å². The molecule has 1 fully saturated rings. The van der Waals surface area contributed by atoms with E-state index in [0.29, 0.717) is 31.3 Å². The summed E-state index contributed by atoms with van der Waals surface area (Å²) in [6, 6.07) is 0. The van der Waals surface area contributed by atoms with E-state index in [1.165, 1.54) is 12.7 Å². The molecule has 1 saturated heterocycles. The van der Waals surface area contributed by atoms with Crippen LogP contribution in [0.1, 0.15) is 65.7 Å². The summed E-state index contributed by atoms with van der Waals surface area (Å²) in [7, 11) is 1.35. The molecule has 2 rings (SSSR count). The van der Waals surface area contributed by atoms with Crippen molar-refractivity contribution in [2.24, 2.45) is 5.92 Å². The van der Waals surface area contributed by atoms with E-state index in [9.17, 15) is 15.0 Å². The third-order valence-corrected chi connectivity index (χ3v) is 6.14. The molecule has 0 aromatic rings. The molecule has 0 amide bonds. The number of epoxide rings is 1. The van der Waals surface area contributed by atoms with Crippen LogP contribution in [-0.4, -0.2) is 46.7 Å². The molecule has 0 aromatic carbocycles. The van der Waals surface area contributed by atoms with Gasteiger partial charge in [0.05, 0.1) is 30.5 Å². The van der Waals surface area contributed by atoms with Gasteiger partial charge >= 0.3 is 5.97 Å². The first-order valence-corrected chi connectivity index (χ1v) is 9.60. The van der Waals surface area contributed by atoms with Gasteiger partial charge in [0.25, 0.3) is 0 Å².